The quantitative estimate of drug-likeness (QED) is 0.603. The molecule has 0 amide bonds. The van der Waals surface area contributed by atoms with E-state index in [0.29, 0.717) is 24.2 Å². The van der Waals surface area contributed by atoms with Gasteiger partial charge in [0.2, 0.25) is 0 Å². The van der Waals surface area contributed by atoms with Crippen LogP contribution in [0.1, 0.15) is 44.9 Å². The lowest BCUT2D eigenvalue weighted by Gasteiger charge is -2.35. The van der Waals surface area contributed by atoms with Gasteiger partial charge in [0, 0.05) is 31.2 Å². The van der Waals surface area contributed by atoms with Gasteiger partial charge in [-0.2, -0.15) is 0 Å². The average Bonchev–Trinajstić information content (AvgIpc) is 2.61. The van der Waals surface area contributed by atoms with Crippen LogP contribution < -0.4 is 21.3 Å². The van der Waals surface area contributed by atoms with Gasteiger partial charge < -0.3 is 21.3 Å². The van der Waals surface area contributed by atoms with Crippen molar-refractivity contribution in [1.29, 1.82) is 0 Å². The van der Waals surface area contributed by atoms with E-state index in [1.807, 2.05) is 6.20 Å². The van der Waals surface area contributed by atoms with Crippen LogP contribution in [0.25, 0.3) is 0 Å². The SMILES string of the molecule is C1=CNC(CNC2CCCCC2NCC2CCCCN2)C=C1. The number of dihydropyridines is 1. The summed E-state index contributed by atoms with van der Waals surface area (Å²) in [6, 6.07) is 2.39. The molecule has 4 unspecified atom stereocenters. The molecule has 4 nitrogen and oxygen atoms in total. The van der Waals surface area contributed by atoms with E-state index in [-0.39, 0.29) is 0 Å². The van der Waals surface area contributed by atoms with Crippen molar-refractivity contribution in [2.75, 3.05) is 19.6 Å². The number of allylic oxidation sites excluding steroid dienone is 2. The Labute approximate surface area is 135 Å². The predicted octanol–water partition coefficient (Wildman–Crippen LogP) is 1.66. The minimum absolute atomic E-state index is 0.438. The summed E-state index contributed by atoms with van der Waals surface area (Å²) < 4.78 is 0. The molecule has 3 rings (SSSR count). The van der Waals surface area contributed by atoms with Crippen LogP contribution in [-0.4, -0.2) is 43.8 Å². The minimum atomic E-state index is 0.438. The first-order valence-corrected chi connectivity index (χ1v) is 9.21. The third-order valence-electron chi connectivity index (χ3n) is 5.27. The highest BCUT2D eigenvalue weighted by Crippen LogP contribution is 2.19. The lowest BCUT2D eigenvalue weighted by atomic mass is 9.89. The Bertz CT molecular complexity index is 373. The van der Waals surface area contributed by atoms with Crippen LogP contribution in [0.5, 0.6) is 0 Å². The number of hydrogen-bond acceptors (Lipinski definition) is 4. The molecular formula is C18H32N4. The lowest BCUT2D eigenvalue weighted by molar-refractivity contribution is 0.265. The molecule has 1 saturated carbocycles. The standard InChI is InChI=1S/C18H32N4/c1-2-10-18(22-14-16-8-4-6-12-20-16)17(9-1)21-13-15-7-3-5-11-19-15/h3,5,7,11,15-22H,1-2,4,6,8-10,12-14H2. The lowest BCUT2D eigenvalue weighted by Crippen LogP contribution is -2.55. The summed E-state index contributed by atoms with van der Waals surface area (Å²) in [5.41, 5.74) is 0. The molecule has 0 aromatic heterocycles. The van der Waals surface area contributed by atoms with Crippen LogP contribution >= 0.6 is 0 Å². The molecule has 0 spiro atoms. The zero-order chi connectivity index (χ0) is 15.0. The van der Waals surface area contributed by atoms with E-state index in [1.165, 1.54) is 51.5 Å². The minimum Gasteiger partial charge on any atom is -0.383 e. The van der Waals surface area contributed by atoms with Crippen LogP contribution in [0.15, 0.2) is 24.4 Å². The van der Waals surface area contributed by atoms with Gasteiger partial charge in [-0.15, -0.1) is 0 Å². The zero-order valence-electron chi connectivity index (χ0n) is 13.7. The third-order valence-corrected chi connectivity index (χ3v) is 5.27. The molecule has 0 radical (unpaired) electrons. The number of nitrogens with one attached hydrogen (secondary N) is 4. The Morgan fingerprint density at radius 3 is 2.32 bits per heavy atom. The van der Waals surface area contributed by atoms with Gasteiger partial charge in [-0.25, -0.2) is 0 Å². The van der Waals surface area contributed by atoms with Gasteiger partial charge in [0.1, 0.15) is 0 Å². The van der Waals surface area contributed by atoms with Crippen molar-refractivity contribution in [2.45, 2.75) is 69.1 Å². The number of hydrogen-bond donors (Lipinski definition) is 4. The first-order chi connectivity index (χ1) is 10.9. The highest BCUT2D eigenvalue weighted by Gasteiger charge is 2.25. The summed E-state index contributed by atoms with van der Waals surface area (Å²) in [6.07, 6.45) is 17.9. The molecule has 2 aliphatic heterocycles. The second-order valence-electron chi connectivity index (χ2n) is 6.98. The first-order valence-electron chi connectivity index (χ1n) is 9.21. The molecule has 124 valence electrons. The summed E-state index contributed by atoms with van der Waals surface area (Å²) in [4.78, 5) is 0. The smallest absolute Gasteiger partial charge is 0.0566 e. The second kappa shape index (κ2) is 8.70. The van der Waals surface area contributed by atoms with Crippen molar-refractivity contribution in [3.05, 3.63) is 24.4 Å². The summed E-state index contributed by atoms with van der Waals surface area (Å²) >= 11 is 0. The van der Waals surface area contributed by atoms with Gasteiger partial charge in [0.05, 0.1) is 6.04 Å². The Balaban J connectivity index is 1.41. The Morgan fingerprint density at radius 2 is 1.64 bits per heavy atom. The molecule has 1 aliphatic carbocycles. The molecule has 0 aromatic carbocycles. The van der Waals surface area contributed by atoms with Crippen molar-refractivity contribution in [1.82, 2.24) is 21.3 Å². The van der Waals surface area contributed by atoms with E-state index < -0.39 is 0 Å². The molecule has 4 heteroatoms. The maximum absolute atomic E-state index is 3.85. The maximum Gasteiger partial charge on any atom is 0.0566 e. The average molecular weight is 304 g/mol. The molecule has 22 heavy (non-hydrogen) atoms. The fourth-order valence-electron chi connectivity index (χ4n) is 3.91. The van der Waals surface area contributed by atoms with Gasteiger partial charge in [-0.05, 0) is 44.5 Å². The molecule has 4 N–H and O–H groups in total. The summed E-state index contributed by atoms with van der Waals surface area (Å²) in [6.45, 7) is 3.35. The van der Waals surface area contributed by atoms with Crippen LogP contribution in [0, 0.1) is 0 Å². The van der Waals surface area contributed by atoms with Crippen LogP contribution in [0.3, 0.4) is 0 Å². The molecule has 3 aliphatic rings. The van der Waals surface area contributed by atoms with Gasteiger partial charge in [0.15, 0.2) is 0 Å². The maximum atomic E-state index is 3.85. The fourth-order valence-corrected chi connectivity index (χ4v) is 3.91. The van der Waals surface area contributed by atoms with Gasteiger partial charge >= 0.3 is 0 Å². The number of piperidine rings is 1. The topological polar surface area (TPSA) is 48.1 Å². The zero-order valence-corrected chi connectivity index (χ0v) is 13.7. The van der Waals surface area contributed by atoms with Gasteiger partial charge in [-0.3, -0.25) is 0 Å². The molecule has 2 fully saturated rings. The summed E-state index contributed by atoms with van der Waals surface area (Å²) in [5, 5.41) is 14.7. The summed E-state index contributed by atoms with van der Waals surface area (Å²) in [7, 11) is 0. The van der Waals surface area contributed by atoms with Crippen molar-refractivity contribution >= 4 is 0 Å². The van der Waals surface area contributed by atoms with E-state index in [4.69, 9.17) is 0 Å². The Morgan fingerprint density at radius 1 is 0.864 bits per heavy atom. The van der Waals surface area contributed by atoms with E-state index in [2.05, 4.69) is 39.5 Å². The first kappa shape index (κ1) is 16.0. The van der Waals surface area contributed by atoms with Crippen molar-refractivity contribution in [3.63, 3.8) is 0 Å². The van der Waals surface area contributed by atoms with E-state index in [9.17, 15) is 0 Å². The van der Waals surface area contributed by atoms with E-state index in [0.717, 1.165) is 13.1 Å². The van der Waals surface area contributed by atoms with Gasteiger partial charge in [-0.1, -0.05) is 31.4 Å². The fraction of sp³-hybridized carbons (Fsp3) is 0.778. The second-order valence-corrected chi connectivity index (χ2v) is 6.98. The van der Waals surface area contributed by atoms with Crippen LogP contribution in [-0.2, 0) is 0 Å². The Hall–Kier alpha value is -0.840. The normalized spacial score (nSPS) is 35.3. The third kappa shape index (κ3) is 4.83. The summed E-state index contributed by atoms with van der Waals surface area (Å²) in [5.74, 6) is 0. The van der Waals surface area contributed by atoms with Crippen molar-refractivity contribution in [3.8, 4) is 0 Å². The van der Waals surface area contributed by atoms with Crippen LogP contribution in [0.4, 0.5) is 0 Å². The molecule has 0 aromatic rings. The number of rotatable bonds is 6. The largest absolute Gasteiger partial charge is 0.383 e. The molecule has 2 heterocycles. The van der Waals surface area contributed by atoms with E-state index in [1.54, 1.807) is 0 Å². The molecule has 0 bridgehead atoms. The highest BCUT2D eigenvalue weighted by atomic mass is 15.1. The molecular weight excluding hydrogens is 272 g/mol. The van der Waals surface area contributed by atoms with Crippen LogP contribution in [0.2, 0.25) is 0 Å². The van der Waals surface area contributed by atoms with E-state index >= 15 is 0 Å². The Kier molecular flexibility index (Phi) is 6.34. The molecule has 4 atom stereocenters. The molecule has 1 saturated heterocycles. The van der Waals surface area contributed by atoms with Crippen molar-refractivity contribution in [2.24, 2.45) is 0 Å². The monoisotopic (exact) mass is 304 g/mol. The van der Waals surface area contributed by atoms with Gasteiger partial charge in [0.25, 0.3) is 0 Å². The highest BCUT2D eigenvalue weighted by molar-refractivity contribution is 5.12. The predicted molar refractivity (Wildman–Crippen MR) is 92.9 cm³/mol. The van der Waals surface area contributed by atoms with Crippen molar-refractivity contribution < 1.29 is 0 Å².